The number of hydrogen-bond donors (Lipinski definition) is 0. The molecule has 154 valence electrons. The molecule has 3 rings (SSSR count). The summed E-state index contributed by atoms with van der Waals surface area (Å²) in [6.07, 6.45) is 2.51. The second kappa shape index (κ2) is 8.95. The van der Waals surface area contributed by atoms with Gasteiger partial charge >= 0.3 is 0 Å². The molecule has 0 spiro atoms. The number of benzene rings is 1. The molecule has 0 saturated carbocycles. The average Bonchev–Trinajstić information content (AvgIpc) is 3.04. The lowest BCUT2D eigenvalue weighted by Gasteiger charge is -2.34. The van der Waals surface area contributed by atoms with E-state index in [1.807, 2.05) is 48.0 Å². The predicted octanol–water partition coefficient (Wildman–Crippen LogP) is 2.40. The van der Waals surface area contributed by atoms with Crippen LogP contribution in [0.5, 0.6) is 5.75 Å². The molecule has 2 aliphatic rings. The van der Waals surface area contributed by atoms with Crippen LogP contribution in [0, 0.1) is 11.8 Å². The number of carbonyl (C=O) groups is 2. The topological polar surface area (TPSA) is 53.1 Å². The molecule has 0 N–H and O–H groups in total. The van der Waals surface area contributed by atoms with Gasteiger partial charge in [0.25, 0.3) is 0 Å². The van der Waals surface area contributed by atoms with Gasteiger partial charge < -0.3 is 19.4 Å². The Balaban J connectivity index is 1.79. The van der Waals surface area contributed by atoms with Gasteiger partial charge in [-0.3, -0.25) is 9.59 Å². The van der Waals surface area contributed by atoms with Crippen LogP contribution < -0.4 is 4.74 Å². The van der Waals surface area contributed by atoms with Crippen molar-refractivity contribution >= 4 is 11.8 Å². The third-order valence-electron chi connectivity index (χ3n) is 6.29. The molecular weight excluding hydrogens is 354 g/mol. The van der Waals surface area contributed by atoms with E-state index in [0.29, 0.717) is 12.5 Å². The van der Waals surface area contributed by atoms with Gasteiger partial charge in [-0.15, -0.1) is 0 Å². The van der Waals surface area contributed by atoms with Crippen LogP contribution in [0.3, 0.4) is 0 Å². The van der Waals surface area contributed by atoms with Crippen molar-refractivity contribution in [2.45, 2.75) is 32.2 Å². The largest absolute Gasteiger partial charge is 0.496 e. The van der Waals surface area contributed by atoms with Crippen LogP contribution in [-0.2, 0) is 9.59 Å². The number of amides is 2. The summed E-state index contributed by atoms with van der Waals surface area (Å²) in [7, 11) is 5.67. The smallest absolute Gasteiger partial charge is 0.228 e. The van der Waals surface area contributed by atoms with Gasteiger partial charge in [0.2, 0.25) is 11.8 Å². The van der Waals surface area contributed by atoms with Gasteiger partial charge in [0.15, 0.2) is 0 Å². The van der Waals surface area contributed by atoms with Crippen LogP contribution in [0.25, 0.3) is 0 Å². The second-order valence-corrected chi connectivity index (χ2v) is 8.14. The van der Waals surface area contributed by atoms with Gasteiger partial charge in [-0.25, -0.2) is 0 Å². The molecule has 1 aromatic rings. The van der Waals surface area contributed by atoms with Crippen molar-refractivity contribution in [3.8, 4) is 5.75 Å². The number of para-hydroxylation sites is 1. The first-order chi connectivity index (χ1) is 13.5. The lowest BCUT2D eigenvalue weighted by Crippen LogP contribution is -2.41. The van der Waals surface area contributed by atoms with E-state index in [4.69, 9.17) is 4.74 Å². The molecule has 2 atom stereocenters. The molecule has 2 fully saturated rings. The highest BCUT2D eigenvalue weighted by Crippen LogP contribution is 2.42. The van der Waals surface area contributed by atoms with Gasteiger partial charge in [-0.2, -0.15) is 0 Å². The monoisotopic (exact) mass is 387 g/mol. The minimum absolute atomic E-state index is 0.0458. The molecule has 2 heterocycles. The number of methoxy groups -OCH3 is 1. The normalized spacial score (nSPS) is 23.9. The van der Waals surface area contributed by atoms with Crippen molar-refractivity contribution in [2.75, 3.05) is 47.4 Å². The van der Waals surface area contributed by atoms with Crippen LogP contribution in [0.1, 0.15) is 37.8 Å². The van der Waals surface area contributed by atoms with Gasteiger partial charge in [-0.1, -0.05) is 18.2 Å². The highest BCUT2D eigenvalue weighted by Gasteiger charge is 2.45. The number of hydrogen-bond acceptors (Lipinski definition) is 4. The predicted molar refractivity (Wildman–Crippen MR) is 109 cm³/mol. The van der Waals surface area contributed by atoms with Crippen molar-refractivity contribution < 1.29 is 14.3 Å². The summed E-state index contributed by atoms with van der Waals surface area (Å²) < 4.78 is 5.54. The first kappa shape index (κ1) is 20.6. The number of rotatable bonds is 6. The standard InChI is InChI=1S/C22H33N3O3/c1-5-25-20(26)14-18(21(25)17-8-6-7-9-19(17)28-4)22(27)24(3)15-16-10-12-23(2)13-11-16/h6-9,16,18,21H,5,10-15H2,1-4H3/t18-,21+/m1/s1. The van der Waals surface area contributed by atoms with E-state index in [1.165, 1.54) is 0 Å². The summed E-state index contributed by atoms with van der Waals surface area (Å²) >= 11 is 0. The third-order valence-corrected chi connectivity index (χ3v) is 6.29. The van der Waals surface area contributed by atoms with Crippen molar-refractivity contribution in [1.29, 1.82) is 0 Å². The van der Waals surface area contributed by atoms with Gasteiger partial charge in [-0.05, 0) is 51.9 Å². The van der Waals surface area contributed by atoms with Crippen molar-refractivity contribution in [3.05, 3.63) is 29.8 Å². The fraction of sp³-hybridized carbons (Fsp3) is 0.636. The quantitative estimate of drug-likeness (QED) is 0.752. The van der Waals surface area contributed by atoms with Gasteiger partial charge in [0.1, 0.15) is 5.75 Å². The number of likely N-dealkylation sites (tertiary alicyclic amines) is 2. The third kappa shape index (κ3) is 4.17. The molecule has 0 aromatic heterocycles. The Morgan fingerprint density at radius 1 is 1.25 bits per heavy atom. The van der Waals surface area contributed by atoms with Crippen molar-refractivity contribution in [3.63, 3.8) is 0 Å². The summed E-state index contributed by atoms with van der Waals surface area (Å²) in [6, 6.07) is 7.47. The Labute approximate surface area is 168 Å². The van der Waals surface area contributed by atoms with E-state index >= 15 is 0 Å². The zero-order valence-corrected chi connectivity index (χ0v) is 17.6. The minimum atomic E-state index is -0.361. The second-order valence-electron chi connectivity index (χ2n) is 8.14. The Hall–Kier alpha value is -2.08. The van der Waals surface area contributed by atoms with Crippen molar-refractivity contribution in [2.24, 2.45) is 11.8 Å². The molecule has 0 aliphatic carbocycles. The Morgan fingerprint density at radius 3 is 2.57 bits per heavy atom. The summed E-state index contributed by atoms with van der Waals surface area (Å²) in [5.74, 6) is 1.02. The minimum Gasteiger partial charge on any atom is -0.496 e. The van der Waals surface area contributed by atoms with E-state index in [9.17, 15) is 9.59 Å². The summed E-state index contributed by atoms with van der Waals surface area (Å²) in [5.41, 5.74) is 0.920. The van der Waals surface area contributed by atoms with E-state index in [1.54, 1.807) is 7.11 Å². The molecule has 0 unspecified atom stereocenters. The van der Waals surface area contributed by atoms with Crippen molar-refractivity contribution in [1.82, 2.24) is 14.7 Å². The van der Waals surface area contributed by atoms with E-state index in [-0.39, 0.29) is 30.2 Å². The SMILES string of the molecule is CCN1C(=O)C[C@@H](C(=O)N(C)CC2CCN(C)CC2)[C@@H]1c1ccccc1OC. The van der Waals surface area contributed by atoms with Gasteiger partial charge in [0, 0.05) is 32.1 Å². The molecule has 0 bridgehead atoms. The summed E-state index contributed by atoms with van der Waals surface area (Å²) in [6.45, 7) is 5.49. The fourth-order valence-corrected chi connectivity index (χ4v) is 4.69. The van der Waals surface area contributed by atoms with Gasteiger partial charge in [0.05, 0.1) is 19.1 Å². The maximum absolute atomic E-state index is 13.4. The molecule has 2 saturated heterocycles. The fourth-order valence-electron chi connectivity index (χ4n) is 4.69. The molecule has 28 heavy (non-hydrogen) atoms. The van der Waals surface area contributed by atoms with Crippen LogP contribution in [0.15, 0.2) is 24.3 Å². The number of ether oxygens (including phenoxy) is 1. The Kier molecular flexibility index (Phi) is 6.60. The summed E-state index contributed by atoms with van der Waals surface area (Å²) in [4.78, 5) is 32.0. The highest BCUT2D eigenvalue weighted by molar-refractivity contribution is 5.90. The molecular formula is C22H33N3O3. The Bertz CT molecular complexity index is 700. The average molecular weight is 388 g/mol. The molecule has 6 nitrogen and oxygen atoms in total. The lowest BCUT2D eigenvalue weighted by molar-refractivity contribution is -0.136. The van der Waals surface area contributed by atoms with E-state index < -0.39 is 0 Å². The number of carbonyl (C=O) groups excluding carboxylic acids is 2. The maximum Gasteiger partial charge on any atom is 0.228 e. The number of nitrogens with zero attached hydrogens (tertiary/aromatic N) is 3. The van der Waals surface area contributed by atoms with Crippen LogP contribution in [0.4, 0.5) is 0 Å². The summed E-state index contributed by atoms with van der Waals surface area (Å²) in [5, 5.41) is 0. The molecule has 2 aliphatic heterocycles. The van der Waals surface area contributed by atoms with Crippen LogP contribution >= 0.6 is 0 Å². The lowest BCUT2D eigenvalue weighted by atomic mass is 9.90. The highest BCUT2D eigenvalue weighted by atomic mass is 16.5. The first-order valence-electron chi connectivity index (χ1n) is 10.3. The molecule has 1 aromatic carbocycles. The maximum atomic E-state index is 13.4. The van der Waals surface area contributed by atoms with E-state index in [2.05, 4.69) is 11.9 Å². The first-order valence-corrected chi connectivity index (χ1v) is 10.3. The molecule has 2 amide bonds. The zero-order valence-electron chi connectivity index (χ0n) is 17.6. The molecule has 6 heteroatoms. The van der Waals surface area contributed by atoms with Crippen LogP contribution in [0.2, 0.25) is 0 Å². The number of piperidine rings is 1. The van der Waals surface area contributed by atoms with Crippen LogP contribution in [-0.4, -0.2) is 73.9 Å². The van der Waals surface area contributed by atoms with E-state index in [0.717, 1.165) is 43.8 Å². The molecule has 0 radical (unpaired) electrons. The zero-order chi connectivity index (χ0) is 20.3. The Morgan fingerprint density at radius 2 is 1.93 bits per heavy atom.